The molecule has 2 heterocycles. The van der Waals surface area contributed by atoms with Gasteiger partial charge in [-0.3, -0.25) is 0 Å². The number of benzene rings is 2. The molecule has 0 amide bonds. The van der Waals surface area contributed by atoms with Crippen LogP contribution in [0.25, 0.3) is 11.1 Å². The van der Waals surface area contributed by atoms with Crippen LogP contribution in [0.4, 0.5) is 28.8 Å². The third-order valence-corrected chi connectivity index (χ3v) is 4.52. The number of aromatic nitrogens is 2. The molecule has 4 rings (SSSR count). The lowest BCUT2D eigenvalue weighted by Gasteiger charge is -2.28. The van der Waals surface area contributed by atoms with Crippen LogP contribution in [-0.4, -0.2) is 36.3 Å². The summed E-state index contributed by atoms with van der Waals surface area (Å²) >= 11 is 0. The van der Waals surface area contributed by atoms with E-state index in [4.69, 9.17) is 16.2 Å². The van der Waals surface area contributed by atoms with E-state index in [-0.39, 0.29) is 0 Å². The second-order valence-corrected chi connectivity index (χ2v) is 6.39. The van der Waals surface area contributed by atoms with Crippen molar-refractivity contribution >= 4 is 28.8 Å². The molecule has 1 saturated heterocycles. The van der Waals surface area contributed by atoms with Crippen molar-refractivity contribution in [3.8, 4) is 11.1 Å². The predicted molar refractivity (Wildman–Crippen MR) is 109 cm³/mol. The molecular weight excluding hydrogens is 340 g/mol. The first-order chi connectivity index (χ1) is 13.2. The fourth-order valence-corrected chi connectivity index (χ4v) is 3.09. The molecule has 1 fully saturated rings. The molecule has 1 aromatic heterocycles. The fraction of sp³-hybridized carbons (Fsp3) is 0.200. The summed E-state index contributed by atoms with van der Waals surface area (Å²) in [6.07, 6.45) is 1.71. The van der Waals surface area contributed by atoms with Gasteiger partial charge in [-0.05, 0) is 42.0 Å². The van der Waals surface area contributed by atoms with Gasteiger partial charge in [0.2, 0.25) is 5.95 Å². The summed E-state index contributed by atoms with van der Waals surface area (Å²) in [4.78, 5) is 11.1. The number of morpholine rings is 1. The van der Waals surface area contributed by atoms with Gasteiger partial charge in [0, 0.05) is 41.9 Å². The SMILES string of the molecule is Nc1cccc(-c2cnc(Nc3ccc(N4CCOCC4)cc3)nc2N)c1. The average molecular weight is 362 g/mol. The monoisotopic (exact) mass is 362 g/mol. The molecule has 0 atom stereocenters. The van der Waals surface area contributed by atoms with Gasteiger partial charge in [-0.1, -0.05) is 12.1 Å². The highest BCUT2D eigenvalue weighted by Crippen LogP contribution is 2.27. The Morgan fingerprint density at radius 3 is 2.48 bits per heavy atom. The fourth-order valence-electron chi connectivity index (χ4n) is 3.09. The highest BCUT2D eigenvalue weighted by Gasteiger charge is 2.11. The Bertz CT molecular complexity index is 922. The van der Waals surface area contributed by atoms with Crippen molar-refractivity contribution in [1.82, 2.24) is 9.97 Å². The van der Waals surface area contributed by atoms with E-state index in [1.54, 1.807) is 6.20 Å². The lowest BCUT2D eigenvalue weighted by molar-refractivity contribution is 0.122. The number of rotatable bonds is 4. The maximum atomic E-state index is 6.13. The molecule has 0 bridgehead atoms. The molecule has 0 spiro atoms. The van der Waals surface area contributed by atoms with Gasteiger partial charge in [0.25, 0.3) is 0 Å². The first kappa shape index (κ1) is 17.1. The zero-order valence-electron chi connectivity index (χ0n) is 14.9. The van der Waals surface area contributed by atoms with Crippen LogP contribution < -0.4 is 21.7 Å². The van der Waals surface area contributed by atoms with Crippen LogP contribution in [0.15, 0.2) is 54.7 Å². The minimum atomic E-state index is 0.406. The Balaban J connectivity index is 1.48. The molecule has 3 aromatic rings. The van der Waals surface area contributed by atoms with Crippen molar-refractivity contribution < 1.29 is 4.74 Å². The Kier molecular flexibility index (Phi) is 4.76. The molecule has 0 aliphatic carbocycles. The Morgan fingerprint density at radius 1 is 1.00 bits per heavy atom. The van der Waals surface area contributed by atoms with Crippen LogP contribution in [0.5, 0.6) is 0 Å². The molecule has 27 heavy (non-hydrogen) atoms. The van der Waals surface area contributed by atoms with Gasteiger partial charge in [-0.25, -0.2) is 4.98 Å². The second-order valence-electron chi connectivity index (χ2n) is 6.39. The zero-order valence-corrected chi connectivity index (χ0v) is 14.9. The Morgan fingerprint density at radius 2 is 1.78 bits per heavy atom. The molecule has 7 heteroatoms. The molecule has 5 N–H and O–H groups in total. The van der Waals surface area contributed by atoms with Gasteiger partial charge in [0.05, 0.1) is 13.2 Å². The standard InChI is InChI=1S/C20H22N6O/c21-15-3-1-2-14(12-15)18-13-23-20(25-19(18)22)24-16-4-6-17(7-5-16)26-8-10-27-11-9-26/h1-7,12-13H,8-11,21H2,(H3,22,23,24,25). The summed E-state index contributed by atoms with van der Waals surface area (Å²) in [5, 5.41) is 3.19. The molecule has 0 radical (unpaired) electrons. The van der Waals surface area contributed by atoms with Crippen molar-refractivity contribution in [2.75, 3.05) is 48.0 Å². The highest BCUT2D eigenvalue weighted by atomic mass is 16.5. The molecule has 0 saturated carbocycles. The summed E-state index contributed by atoms with van der Waals surface area (Å²) < 4.78 is 5.39. The van der Waals surface area contributed by atoms with Gasteiger partial charge < -0.3 is 26.4 Å². The molecule has 0 unspecified atom stereocenters. The van der Waals surface area contributed by atoms with Crippen molar-refractivity contribution in [3.63, 3.8) is 0 Å². The van der Waals surface area contributed by atoms with Crippen LogP contribution in [0.3, 0.4) is 0 Å². The van der Waals surface area contributed by atoms with Crippen molar-refractivity contribution in [1.29, 1.82) is 0 Å². The number of nitrogens with one attached hydrogen (secondary N) is 1. The third-order valence-electron chi connectivity index (χ3n) is 4.52. The van der Waals surface area contributed by atoms with Crippen LogP contribution in [0.1, 0.15) is 0 Å². The highest BCUT2D eigenvalue weighted by molar-refractivity contribution is 5.76. The minimum absolute atomic E-state index is 0.406. The van der Waals surface area contributed by atoms with E-state index < -0.39 is 0 Å². The van der Waals surface area contributed by atoms with Crippen LogP contribution in [0, 0.1) is 0 Å². The quantitative estimate of drug-likeness (QED) is 0.613. The summed E-state index contributed by atoms with van der Waals surface area (Å²) in [5.74, 6) is 0.863. The number of hydrogen-bond donors (Lipinski definition) is 3. The first-order valence-electron chi connectivity index (χ1n) is 8.87. The van der Waals surface area contributed by atoms with Crippen molar-refractivity contribution in [2.24, 2.45) is 0 Å². The maximum Gasteiger partial charge on any atom is 0.229 e. The normalized spacial score (nSPS) is 14.1. The number of hydrogen-bond acceptors (Lipinski definition) is 7. The van der Waals surface area contributed by atoms with E-state index in [2.05, 4.69) is 32.3 Å². The topological polar surface area (TPSA) is 102 Å². The van der Waals surface area contributed by atoms with Gasteiger partial charge in [0.1, 0.15) is 5.82 Å². The number of nitrogens with zero attached hydrogens (tertiary/aromatic N) is 3. The number of ether oxygens (including phenoxy) is 1. The lowest BCUT2D eigenvalue weighted by Crippen LogP contribution is -2.36. The van der Waals surface area contributed by atoms with Gasteiger partial charge in [-0.2, -0.15) is 4.98 Å². The third kappa shape index (κ3) is 3.93. The zero-order chi connectivity index (χ0) is 18.6. The number of anilines is 5. The van der Waals surface area contributed by atoms with Crippen LogP contribution in [-0.2, 0) is 4.74 Å². The van der Waals surface area contributed by atoms with E-state index in [1.165, 1.54) is 5.69 Å². The summed E-state index contributed by atoms with van der Waals surface area (Å²) in [6.45, 7) is 3.37. The van der Waals surface area contributed by atoms with Crippen molar-refractivity contribution in [2.45, 2.75) is 0 Å². The summed E-state index contributed by atoms with van der Waals surface area (Å²) in [6, 6.07) is 15.7. The van der Waals surface area contributed by atoms with Crippen molar-refractivity contribution in [3.05, 3.63) is 54.7 Å². The number of nitrogen functional groups attached to an aromatic ring is 2. The molecule has 138 valence electrons. The Labute approximate surface area is 158 Å². The smallest absolute Gasteiger partial charge is 0.229 e. The largest absolute Gasteiger partial charge is 0.399 e. The van der Waals surface area contributed by atoms with Gasteiger partial charge in [-0.15, -0.1) is 0 Å². The molecule has 7 nitrogen and oxygen atoms in total. The van der Waals surface area contributed by atoms with E-state index in [9.17, 15) is 0 Å². The lowest BCUT2D eigenvalue weighted by atomic mass is 10.1. The van der Waals surface area contributed by atoms with Crippen LogP contribution >= 0.6 is 0 Å². The van der Waals surface area contributed by atoms with E-state index in [0.29, 0.717) is 17.5 Å². The average Bonchev–Trinajstić information content (AvgIpc) is 2.69. The Hall–Kier alpha value is -3.32. The predicted octanol–water partition coefficient (Wildman–Crippen LogP) is 2.89. The minimum Gasteiger partial charge on any atom is -0.399 e. The number of nitrogens with two attached hydrogens (primary N) is 2. The summed E-state index contributed by atoms with van der Waals surface area (Å²) in [5.41, 5.74) is 16.4. The van der Waals surface area contributed by atoms with E-state index >= 15 is 0 Å². The van der Waals surface area contributed by atoms with E-state index in [0.717, 1.165) is 43.1 Å². The van der Waals surface area contributed by atoms with Gasteiger partial charge in [0.15, 0.2) is 0 Å². The second kappa shape index (κ2) is 7.51. The maximum absolute atomic E-state index is 6.13. The summed E-state index contributed by atoms with van der Waals surface area (Å²) in [7, 11) is 0. The van der Waals surface area contributed by atoms with Gasteiger partial charge >= 0.3 is 0 Å². The molecule has 1 aliphatic heterocycles. The molecular formula is C20H22N6O. The first-order valence-corrected chi connectivity index (χ1v) is 8.87. The van der Waals surface area contributed by atoms with E-state index in [1.807, 2.05) is 36.4 Å². The van der Waals surface area contributed by atoms with Crippen LogP contribution in [0.2, 0.25) is 0 Å². The molecule has 2 aromatic carbocycles. The molecule has 1 aliphatic rings.